The Hall–Kier alpha value is -0.980. The molecular formula is C16H24ClF3N2O. The van der Waals surface area contributed by atoms with Crippen molar-refractivity contribution < 1.29 is 17.9 Å². The lowest BCUT2D eigenvalue weighted by molar-refractivity contribution is -0.274. The predicted octanol–water partition coefficient (Wildman–Crippen LogP) is 4.13. The number of halogens is 4. The van der Waals surface area contributed by atoms with Crippen molar-refractivity contribution in [2.24, 2.45) is 11.7 Å². The molecule has 0 amide bonds. The third kappa shape index (κ3) is 6.20. The number of ether oxygens (including phenoxy) is 1. The fourth-order valence-corrected chi connectivity index (χ4v) is 3.08. The average Bonchev–Trinajstić information content (AvgIpc) is 2.46. The highest BCUT2D eigenvalue weighted by Gasteiger charge is 2.31. The van der Waals surface area contributed by atoms with Crippen LogP contribution >= 0.6 is 12.4 Å². The molecule has 3 nitrogen and oxygen atoms in total. The van der Waals surface area contributed by atoms with Gasteiger partial charge in [-0.1, -0.05) is 12.1 Å². The Balaban J connectivity index is 0.00000264. The molecule has 0 aromatic heterocycles. The Morgan fingerprint density at radius 2 is 1.96 bits per heavy atom. The molecule has 2 rings (SSSR count). The lowest BCUT2D eigenvalue weighted by Gasteiger charge is -2.37. The van der Waals surface area contributed by atoms with Crippen LogP contribution in [0.5, 0.6) is 5.75 Å². The normalized spacial score (nSPS) is 20.7. The molecule has 1 aliphatic heterocycles. The maximum absolute atomic E-state index is 12.2. The number of likely N-dealkylation sites (tertiary alicyclic amines) is 1. The second-order valence-corrected chi connectivity index (χ2v) is 5.87. The van der Waals surface area contributed by atoms with Gasteiger partial charge in [-0.05, 0) is 62.9 Å². The van der Waals surface area contributed by atoms with Crippen molar-refractivity contribution in [2.75, 3.05) is 19.6 Å². The zero-order chi connectivity index (χ0) is 16.2. The maximum atomic E-state index is 12.2. The number of nitrogens with two attached hydrogens (primary N) is 1. The summed E-state index contributed by atoms with van der Waals surface area (Å²) < 4.78 is 40.4. The number of hydrogen-bond donors (Lipinski definition) is 1. The van der Waals surface area contributed by atoms with E-state index in [1.165, 1.54) is 18.6 Å². The molecule has 0 aliphatic carbocycles. The van der Waals surface area contributed by atoms with Crippen molar-refractivity contribution in [3.05, 3.63) is 29.8 Å². The van der Waals surface area contributed by atoms with Crippen molar-refractivity contribution in [2.45, 2.75) is 38.6 Å². The minimum Gasteiger partial charge on any atom is -0.406 e. The maximum Gasteiger partial charge on any atom is 0.573 e. The van der Waals surface area contributed by atoms with Crippen molar-refractivity contribution in [1.82, 2.24) is 4.90 Å². The van der Waals surface area contributed by atoms with Crippen LogP contribution in [0.1, 0.15) is 37.8 Å². The van der Waals surface area contributed by atoms with Crippen LogP contribution in [0.3, 0.4) is 0 Å². The van der Waals surface area contributed by atoms with Gasteiger partial charge in [-0.3, -0.25) is 4.90 Å². The summed E-state index contributed by atoms with van der Waals surface area (Å²) in [5.74, 6) is 0.442. The zero-order valence-electron chi connectivity index (χ0n) is 13.2. The molecular weight excluding hydrogens is 329 g/mol. The second kappa shape index (κ2) is 8.76. The summed E-state index contributed by atoms with van der Waals surface area (Å²) in [4.78, 5) is 2.38. The number of rotatable bonds is 5. The smallest absolute Gasteiger partial charge is 0.406 e. The molecule has 0 radical (unpaired) electrons. The Labute approximate surface area is 141 Å². The molecule has 0 bridgehead atoms. The first kappa shape index (κ1) is 20.1. The lowest BCUT2D eigenvalue weighted by Crippen LogP contribution is -2.37. The molecule has 1 aromatic rings. The number of hydrogen-bond acceptors (Lipinski definition) is 3. The van der Waals surface area contributed by atoms with Gasteiger partial charge in [0.15, 0.2) is 0 Å². The first-order chi connectivity index (χ1) is 10.4. The van der Waals surface area contributed by atoms with E-state index in [1.54, 1.807) is 12.1 Å². The molecule has 1 aliphatic rings. The Morgan fingerprint density at radius 1 is 1.30 bits per heavy atom. The van der Waals surface area contributed by atoms with Gasteiger partial charge in [0.05, 0.1) is 0 Å². The van der Waals surface area contributed by atoms with Crippen LogP contribution in [0.15, 0.2) is 24.3 Å². The predicted molar refractivity (Wildman–Crippen MR) is 86.8 cm³/mol. The van der Waals surface area contributed by atoms with E-state index >= 15 is 0 Å². The fraction of sp³-hybridized carbons (Fsp3) is 0.625. The molecule has 1 saturated heterocycles. The van der Waals surface area contributed by atoms with Crippen molar-refractivity contribution in [1.29, 1.82) is 0 Å². The largest absolute Gasteiger partial charge is 0.573 e. The molecule has 0 saturated carbocycles. The second-order valence-electron chi connectivity index (χ2n) is 5.87. The van der Waals surface area contributed by atoms with E-state index in [0.717, 1.165) is 31.5 Å². The first-order valence-electron chi connectivity index (χ1n) is 7.69. The standard InChI is InChI=1S/C16H23F3N2O.ClH/c1-12(21-10-2-3-13(11-21)8-9-20)14-4-6-15(7-5-14)22-16(17,18)19;/h4-7,12-13H,2-3,8-11,20H2,1H3;1H. The summed E-state index contributed by atoms with van der Waals surface area (Å²) in [5.41, 5.74) is 6.64. The molecule has 1 heterocycles. The Morgan fingerprint density at radius 3 is 2.52 bits per heavy atom. The van der Waals surface area contributed by atoms with Crippen molar-refractivity contribution in [3.8, 4) is 5.75 Å². The van der Waals surface area contributed by atoms with Crippen LogP contribution < -0.4 is 10.5 Å². The van der Waals surface area contributed by atoms with Crippen LogP contribution in [0.4, 0.5) is 13.2 Å². The highest BCUT2D eigenvalue weighted by molar-refractivity contribution is 5.85. The van der Waals surface area contributed by atoms with Gasteiger partial charge in [0.2, 0.25) is 0 Å². The minimum absolute atomic E-state index is 0. The van der Waals surface area contributed by atoms with Crippen molar-refractivity contribution >= 4 is 12.4 Å². The van der Waals surface area contributed by atoms with Crippen LogP contribution in [0, 0.1) is 5.92 Å². The quantitative estimate of drug-likeness (QED) is 0.866. The number of benzene rings is 1. The van der Waals surface area contributed by atoms with Crippen molar-refractivity contribution in [3.63, 3.8) is 0 Å². The molecule has 1 aromatic carbocycles. The Kier molecular flexibility index (Phi) is 7.64. The molecule has 1 fully saturated rings. The van der Waals surface area contributed by atoms with Crippen LogP contribution in [0.25, 0.3) is 0 Å². The van der Waals surface area contributed by atoms with Gasteiger partial charge < -0.3 is 10.5 Å². The fourth-order valence-electron chi connectivity index (χ4n) is 3.08. The number of piperidine rings is 1. The molecule has 0 spiro atoms. The summed E-state index contributed by atoms with van der Waals surface area (Å²) >= 11 is 0. The molecule has 7 heteroatoms. The molecule has 2 N–H and O–H groups in total. The van der Waals surface area contributed by atoms with Crippen LogP contribution in [0.2, 0.25) is 0 Å². The van der Waals surface area contributed by atoms with E-state index in [0.29, 0.717) is 12.5 Å². The first-order valence-corrected chi connectivity index (χ1v) is 7.69. The number of alkyl halides is 3. The molecule has 2 atom stereocenters. The third-order valence-electron chi connectivity index (χ3n) is 4.27. The van der Waals surface area contributed by atoms with Crippen LogP contribution in [-0.2, 0) is 0 Å². The van der Waals surface area contributed by atoms with Gasteiger partial charge in [0.25, 0.3) is 0 Å². The lowest BCUT2D eigenvalue weighted by atomic mass is 9.93. The van der Waals surface area contributed by atoms with Gasteiger partial charge in [-0.2, -0.15) is 0 Å². The van der Waals surface area contributed by atoms with Gasteiger partial charge >= 0.3 is 6.36 Å². The van der Waals surface area contributed by atoms with Gasteiger partial charge in [-0.15, -0.1) is 25.6 Å². The average molecular weight is 353 g/mol. The summed E-state index contributed by atoms with van der Waals surface area (Å²) in [6, 6.07) is 6.35. The minimum atomic E-state index is -4.64. The van der Waals surface area contributed by atoms with Gasteiger partial charge in [0.1, 0.15) is 5.75 Å². The summed E-state index contributed by atoms with van der Waals surface area (Å²) in [6.07, 6.45) is -1.26. The molecule has 132 valence electrons. The third-order valence-corrected chi connectivity index (χ3v) is 4.27. The topological polar surface area (TPSA) is 38.5 Å². The highest BCUT2D eigenvalue weighted by atomic mass is 35.5. The van der Waals surface area contributed by atoms with Gasteiger partial charge in [-0.25, -0.2) is 0 Å². The van der Waals surface area contributed by atoms with E-state index in [1.807, 2.05) is 0 Å². The van der Waals surface area contributed by atoms with E-state index in [9.17, 15) is 13.2 Å². The van der Waals surface area contributed by atoms with E-state index in [4.69, 9.17) is 5.73 Å². The highest BCUT2D eigenvalue weighted by Crippen LogP contribution is 2.29. The Bertz CT molecular complexity index is 465. The molecule has 2 unspecified atom stereocenters. The monoisotopic (exact) mass is 352 g/mol. The van der Waals surface area contributed by atoms with Crippen LogP contribution in [-0.4, -0.2) is 30.9 Å². The molecule has 23 heavy (non-hydrogen) atoms. The van der Waals surface area contributed by atoms with Gasteiger partial charge in [0, 0.05) is 12.6 Å². The SMILES string of the molecule is CC(c1ccc(OC(F)(F)F)cc1)N1CCCC(CCN)C1.Cl. The summed E-state index contributed by atoms with van der Waals surface area (Å²) in [6.45, 7) is 4.81. The summed E-state index contributed by atoms with van der Waals surface area (Å²) in [7, 11) is 0. The van der Waals surface area contributed by atoms with E-state index < -0.39 is 6.36 Å². The summed E-state index contributed by atoms with van der Waals surface area (Å²) in [5, 5.41) is 0. The zero-order valence-corrected chi connectivity index (χ0v) is 14.0. The number of nitrogens with zero attached hydrogens (tertiary/aromatic N) is 1. The van der Waals surface area contributed by atoms with E-state index in [2.05, 4.69) is 16.6 Å². The van der Waals surface area contributed by atoms with E-state index in [-0.39, 0.29) is 24.2 Å².